The lowest BCUT2D eigenvalue weighted by Gasteiger charge is -2.26. The zero-order valence-electron chi connectivity index (χ0n) is 12.6. The molecule has 3 nitrogen and oxygen atoms in total. The van der Waals surface area contributed by atoms with E-state index in [2.05, 4.69) is 6.07 Å². The fourth-order valence-electron chi connectivity index (χ4n) is 2.75. The van der Waals surface area contributed by atoms with E-state index >= 15 is 0 Å². The van der Waals surface area contributed by atoms with Gasteiger partial charge in [0.1, 0.15) is 11.2 Å². The lowest BCUT2D eigenvalue weighted by Crippen LogP contribution is -2.28. The molecule has 0 aromatic heterocycles. The molecule has 1 aliphatic rings. The summed E-state index contributed by atoms with van der Waals surface area (Å²) in [6.45, 7) is 1.94. The van der Waals surface area contributed by atoms with Gasteiger partial charge in [-0.05, 0) is 41.8 Å². The van der Waals surface area contributed by atoms with Gasteiger partial charge < -0.3 is 0 Å². The minimum Gasteiger partial charge on any atom is -0.295 e. The maximum atomic E-state index is 13.1. The molecule has 1 heterocycles. The Morgan fingerprint density at radius 1 is 1.30 bits per heavy atom. The summed E-state index contributed by atoms with van der Waals surface area (Å²) in [6, 6.07) is 14.1. The van der Waals surface area contributed by atoms with E-state index in [-0.39, 0.29) is 17.1 Å². The zero-order valence-corrected chi connectivity index (χ0v) is 13.4. The van der Waals surface area contributed by atoms with Crippen LogP contribution in [0.2, 0.25) is 0 Å². The summed E-state index contributed by atoms with van der Waals surface area (Å²) in [6.07, 6.45) is 0.352. The lowest BCUT2D eigenvalue weighted by molar-refractivity contribution is -0.115. The number of hydrogen-bond donors (Lipinski definition) is 0. The minimum atomic E-state index is -0.285. The average Bonchev–Trinajstić information content (AvgIpc) is 2.90. The van der Waals surface area contributed by atoms with Crippen LogP contribution >= 0.6 is 11.8 Å². The highest BCUT2D eigenvalue weighted by Gasteiger charge is 2.34. The topological polar surface area (TPSA) is 44.1 Å². The molecule has 23 heavy (non-hydrogen) atoms. The van der Waals surface area contributed by atoms with E-state index in [1.165, 1.54) is 23.9 Å². The first-order valence-electron chi connectivity index (χ1n) is 7.26. The first-order valence-corrected chi connectivity index (χ1v) is 8.30. The second kappa shape index (κ2) is 6.43. The molecule has 0 spiro atoms. The fourth-order valence-corrected chi connectivity index (χ4v) is 3.92. The van der Waals surface area contributed by atoms with E-state index in [9.17, 15) is 9.18 Å². The molecule has 1 fully saturated rings. The molecule has 1 amide bonds. The maximum absolute atomic E-state index is 13.1. The molecule has 116 valence electrons. The third kappa shape index (κ3) is 3.08. The fraction of sp³-hybridized carbons (Fsp3) is 0.222. The molecule has 1 unspecified atom stereocenters. The molecule has 1 saturated heterocycles. The van der Waals surface area contributed by atoms with E-state index in [1.807, 2.05) is 25.1 Å². The number of amides is 1. The zero-order chi connectivity index (χ0) is 16.4. The Hall–Kier alpha value is -2.32. The Labute approximate surface area is 138 Å². The number of nitrogens with zero attached hydrogens (tertiary/aromatic N) is 2. The van der Waals surface area contributed by atoms with Crippen molar-refractivity contribution < 1.29 is 9.18 Å². The van der Waals surface area contributed by atoms with Gasteiger partial charge in [-0.1, -0.05) is 24.3 Å². The van der Waals surface area contributed by atoms with Gasteiger partial charge in [-0.2, -0.15) is 5.26 Å². The number of aryl methyl sites for hydroxylation is 1. The summed E-state index contributed by atoms with van der Waals surface area (Å²) in [7, 11) is 0. The number of carbonyl (C=O) groups is 1. The molecule has 1 aliphatic heterocycles. The standard InChI is InChI=1S/C18H15FN2OS/c1-12-10-13(8-9-20)2-7-16(12)21-17(22)11-23-18(21)14-3-5-15(19)6-4-14/h2-7,10,18H,8,11H2,1H3. The highest BCUT2D eigenvalue weighted by molar-refractivity contribution is 8.00. The Bertz CT molecular complexity index is 783. The highest BCUT2D eigenvalue weighted by Crippen LogP contribution is 2.42. The van der Waals surface area contributed by atoms with Crippen LogP contribution in [0, 0.1) is 24.1 Å². The molecule has 3 rings (SSSR count). The van der Waals surface area contributed by atoms with Crippen molar-refractivity contribution in [2.75, 3.05) is 10.7 Å². The van der Waals surface area contributed by atoms with Crippen LogP contribution in [-0.4, -0.2) is 11.7 Å². The normalized spacial score (nSPS) is 17.3. The number of thioether (sulfide) groups is 1. The van der Waals surface area contributed by atoms with Crippen molar-refractivity contribution in [3.63, 3.8) is 0 Å². The van der Waals surface area contributed by atoms with Crippen LogP contribution in [0.3, 0.4) is 0 Å². The summed E-state index contributed by atoms with van der Waals surface area (Å²) in [5.41, 5.74) is 3.64. The number of rotatable bonds is 3. The van der Waals surface area contributed by atoms with Gasteiger partial charge in [-0.3, -0.25) is 9.69 Å². The molecule has 1 atom stereocenters. The molecular formula is C18H15FN2OS. The molecule has 0 bridgehead atoms. The molecule has 0 saturated carbocycles. The van der Waals surface area contributed by atoms with Gasteiger partial charge in [0.15, 0.2) is 0 Å². The van der Waals surface area contributed by atoms with Crippen molar-refractivity contribution in [1.29, 1.82) is 5.26 Å². The summed E-state index contributed by atoms with van der Waals surface area (Å²) >= 11 is 1.54. The quantitative estimate of drug-likeness (QED) is 0.857. The summed E-state index contributed by atoms with van der Waals surface area (Å²) < 4.78 is 13.1. The Kier molecular flexibility index (Phi) is 4.35. The molecule has 0 aliphatic carbocycles. The van der Waals surface area contributed by atoms with Gasteiger partial charge in [-0.15, -0.1) is 11.8 Å². The highest BCUT2D eigenvalue weighted by atomic mass is 32.2. The monoisotopic (exact) mass is 326 g/mol. The average molecular weight is 326 g/mol. The number of benzene rings is 2. The van der Waals surface area contributed by atoms with E-state index in [0.29, 0.717) is 12.2 Å². The molecule has 2 aromatic rings. The molecule has 0 radical (unpaired) electrons. The first-order chi connectivity index (χ1) is 11.1. The van der Waals surface area contributed by atoms with E-state index in [0.717, 1.165) is 22.4 Å². The predicted octanol–water partition coefficient (Wildman–Crippen LogP) is 3.98. The SMILES string of the molecule is Cc1cc(CC#N)ccc1N1C(=O)CSC1c1ccc(F)cc1. The van der Waals surface area contributed by atoms with Crippen molar-refractivity contribution in [1.82, 2.24) is 0 Å². The van der Waals surface area contributed by atoms with Crippen LogP contribution in [0.15, 0.2) is 42.5 Å². The summed E-state index contributed by atoms with van der Waals surface area (Å²) in [5, 5.41) is 8.65. The van der Waals surface area contributed by atoms with Crippen molar-refractivity contribution in [3.8, 4) is 6.07 Å². The van der Waals surface area contributed by atoms with Crippen molar-refractivity contribution in [3.05, 3.63) is 65.0 Å². The third-order valence-electron chi connectivity index (χ3n) is 3.83. The van der Waals surface area contributed by atoms with Crippen LogP contribution in [0.4, 0.5) is 10.1 Å². The molecule has 2 aromatic carbocycles. The van der Waals surface area contributed by atoms with Gasteiger partial charge in [0.25, 0.3) is 0 Å². The smallest absolute Gasteiger partial charge is 0.238 e. The summed E-state index contributed by atoms with van der Waals surface area (Å²) in [5.74, 6) is 0.161. The van der Waals surface area contributed by atoms with Crippen LogP contribution in [0.5, 0.6) is 0 Å². The van der Waals surface area contributed by atoms with Crippen LogP contribution in [0.1, 0.15) is 22.1 Å². The molecule has 0 N–H and O–H groups in total. The Morgan fingerprint density at radius 2 is 2.04 bits per heavy atom. The van der Waals surface area contributed by atoms with E-state index in [4.69, 9.17) is 5.26 Å². The maximum Gasteiger partial charge on any atom is 0.238 e. The second-order valence-corrected chi connectivity index (χ2v) is 6.50. The minimum absolute atomic E-state index is 0.0421. The number of carbonyl (C=O) groups excluding carboxylic acids is 1. The van der Waals surface area contributed by atoms with Gasteiger partial charge in [0, 0.05) is 5.69 Å². The van der Waals surface area contributed by atoms with E-state index < -0.39 is 0 Å². The second-order valence-electron chi connectivity index (χ2n) is 5.43. The van der Waals surface area contributed by atoms with Crippen molar-refractivity contribution in [2.45, 2.75) is 18.7 Å². The number of halogens is 1. The number of hydrogen-bond acceptors (Lipinski definition) is 3. The summed E-state index contributed by atoms with van der Waals surface area (Å²) in [4.78, 5) is 14.1. The van der Waals surface area contributed by atoms with Crippen LogP contribution in [0.25, 0.3) is 0 Å². The molecule has 5 heteroatoms. The number of anilines is 1. The first kappa shape index (κ1) is 15.6. The van der Waals surface area contributed by atoms with Crippen molar-refractivity contribution >= 4 is 23.4 Å². The van der Waals surface area contributed by atoms with Crippen LogP contribution < -0.4 is 4.90 Å². The van der Waals surface area contributed by atoms with Crippen LogP contribution in [-0.2, 0) is 11.2 Å². The van der Waals surface area contributed by atoms with Gasteiger partial charge in [-0.25, -0.2) is 4.39 Å². The largest absolute Gasteiger partial charge is 0.295 e. The van der Waals surface area contributed by atoms with E-state index in [1.54, 1.807) is 17.0 Å². The molecular weight excluding hydrogens is 311 g/mol. The lowest BCUT2D eigenvalue weighted by atomic mass is 10.1. The third-order valence-corrected chi connectivity index (χ3v) is 5.04. The van der Waals surface area contributed by atoms with Gasteiger partial charge >= 0.3 is 0 Å². The van der Waals surface area contributed by atoms with Crippen molar-refractivity contribution in [2.24, 2.45) is 0 Å². The number of nitriles is 1. The van der Waals surface area contributed by atoms with Gasteiger partial charge in [0.2, 0.25) is 5.91 Å². The Balaban J connectivity index is 1.97. The van der Waals surface area contributed by atoms with Gasteiger partial charge in [0.05, 0.1) is 18.2 Å². The predicted molar refractivity (Wildman–Crippen MR) is 89.6 cm³/mol. The Morgan fingerprint density at radius 3 is 2.70 bits per heavy atom.